The van der Waals surface area contributed by atoms with Crippen molar-refractivity contribution >= 4 is 31.6 Å². The second-order valence-electron chi connectivity index (χ2n) is 6.93. The molecule has 4 N–H and O–H groups in total. The van der Waals surface area contributed by atoms with E-state index in [1.54, 1.807) is 4.57 Å². The van der Waals surface area contributed by atoms with Crippen molar-refractivity contribution in [2.45, 2.75) is 44.8 Å². The molecule has 10 heteroatoms. The lowest BCUT2D eigenvalue weighted by Crippen LogP contribution is -2.26. The van der Waals surface area contributed by atoms with Crippen molar-refractivity contribution in [3.05, 3.63) is 16.7 Å². The highest BCUT2D eigenvalue weighted by Gasteiger charge is 2.36. The summed E-state index contributed by atoms with van der Waals surface area (Å²) in [6, 6.07) is 1.06. The van der Waals surface area contributed by atoms with Gasteiger partial charge < -0.3 is 20.2 Å². The van der Waals surface area contributed by atoms with Gasteiger partial charge in [0.15, 0.2) is 19.4 Å². The third kappa shape index (κ3) is 3.50. The maximum Gasteiger partial charge on any atom is 0.280 e. The van der Waals surface area contributed by atoms with Gasteiger partial charge in [-0.2, -0.15) is 4.98 Å². The van der Waals surface area contributed by atoms with Gasteiger partial charge in [0, 0.05) is 12.3 Å². The van der Waals surface area contributed by atoms with Crippen molar-refractivity contribution < 1.29 is 9.84 Å². The number of imidazole rings is 1. The fraction of sp³-hybridized carbons (Fsp3) is 0.600. The lowest BCUT2D eigenvalue weighted by molar-refractivity contribution is -0.0243. The molecule has 3 rings (SSSR count). The minimum atomic E-state index is -1.60. The molecule has 3 atom stereocenters. The minimum absolute atomic E-state index is 0.00474. The molecule has 25 heavy (non-hydrogen) atoms. The summed E-state index contributed by atoms with van der Waals surface area (Å²) < 4.78 is 12.4. The predicted octanol–water partition coefficient (Wildman–Crippen LogP) is 0.894. The number of hydrogen-bond acceptors (Lipinski definition) is 7. The van der Waals surface area contributed by atoms with Gasteiger partial charge in [0.2, 0.25) is 5.95 Å². The number of H-pyrrole nitrogens is 1. The van der Waals surface area contributed by atoms with Crippen molar-refractivity contribution in [1.29, 1.82) is 0 Å². The number of rotatable bonds is 5. The number of nitrogens with two attached hydrogens (primary N) is 1. The van der Waals surface area contributed by atoms with Crippen LogP contribution in [-0.4, -0.2) is 51.8 Å². The summed E-state index contributed by atoms with van der Waals surface area (Å²) in [5, 5.41) is 9.65. The van der Waals surface area contributed by atoms with E-state index >= 15 is 0 Å². The van der Waals surface area contributed by atoms with Gasteiger partial charge >= 0.3 is 0 Å². The van der Waals surface area contributed by atoms with Gasteiger partial charge in [-0.15, -0.1) is 0 Å². The van der Waals surface area contributed by atoms with Crippen molar-refractivity contribution in [3.8, 4) is 0 Å². The molecule has 0 spiro atoms. The molecule has 0 aliphatic carbocycles. The first-order chi connectivity index (χ1) is 11.8. The molecule has 0 amide bonds. The Labute approximate surface area is 146 Å². The topological polar surface area (TPSA) is 131 Å². The predicted molar refractivity (Wildman–Crippen MR) is 98.1 cm³/mol. The number of nitrogens with zero attached hydrogens (tertiary/aromatic N) is 4. The molecule has 1 saturated heterocycles. The van der Waals surface area contributed by atoms with E-state index in [0.29, 0.717) is 12.1 Å². The normalized spacial score (nSPS) is 24.6. The number of aromatic nitrogens is 4. The zero-order valence-corrected chi connectivity index (χ0v) is 15.6. The van der Waals surface area contributed by atoms with E-state index in [1.165, 1.54) is 6.33 Å². The molecule has 1 aliphatic heterocycles. The van der Waals surface area contributed by atoms with Gasteiger partial charge in [-0.1, -0.05) is 6.92 Å². The molecule has 0 radical (unpaired) electrons. The zero-order valence-electron chi connectivity index (χ0n) is 14.6. The maximum absolute atomic E-state index is 11.9. The second-order valence-corrected chi connectivity index (χ2v) is 11.5. The Hall–Kier alpha value is -2.04. The summed E-state index contributed by atoms with van der Waals surface area (Å²) in [7, 11) is -1.60. The van der Waals surface area contributed by atoms with Crippen LogP contribution in [0.2, 0.25) is 19.1 Å². The Kier molecular flexibility index (Phi) is 4.76. The van der Waals surface area contributed by atoms with Crippen LogP contribution in [0.15, 0.2) is 15.8 Å². The molecule has 3 unspecified atom stereocenters. The van der Waals surface area contributed by atoms with Gasteiger partial charge in [0.1, 0.15) is 6.23 Å². The Morgan fingerprint density at radius 2 is 2.36 bits per heavy atom. The quantitative estimate of drug-likeness (QED) is 0.533. The maximum atomic E-state index is 11.9. The summed E-state index contributed by atoms with van der Waals surface area (Å²) in [4.78, 5) is 22.6. The van der Waals surface area contributed by atoms with Crippen LogP contribution in [0.3, 0.4) is 0 Å². The molecule has 0 bridgehead atoms. The minimum Gasteiger partial charge on any atom is -0.394 e. The fourth-order valence-electron chi connectivity index (χ4n) is 2.80. The third-order valence-electron chi connectivity index (χ3n) is 4.70. The van der Waals surface area contributed by atoms with E-state index in [1.807, 2.05) is 6.21 Å². The molecular formula is C15H24N6O3Si. The largest absolute Gasteiger partial charge is 0.394 e. The molecule has 136 valence electrons. The highest BCUT2D eigenvalue weighted by Crippen LogP contribution is 2.34. The summed E-state index contributed by atoms with van der Waals surface area (Å²) in [5.74, 6) is 0.0369. The van der Waals surface area contributed by atoms with Crippen molar-refractivity contribution in [2.75, 3.05) is 12.3 Å². The van der Waals surface area contributed by atoms with Gasteiger partial charge in [0.05, 0.1) is 19.0 Å². The fourth-order valence-corrected chi connectivity index (χ4v) is 3.58. The van der Waals surface area contributed by atoms with E-state index in [2.05, 4.69) is 35.0 Å². The summed E-state index contributed by atoms with van der Waals surface area (Å²) in [6.07, 6.45) is 3.37. The van der Waals surface area contributed by atoms with Crippen LogP contribution in [0, 0.1) is 5.92 Å². The number of aliphatic hydroxyl groups excluding tert-OH is 1. The molecule has 1 fully saturated rings. The van der Waals surface area contributed by atoms with Crippen molar-refractivity contribution in [1.82, 2.24) is 19.5 Å². The van der Waals surface area contributed by atoms with E-state index in [4.69, 9.17) is 15.1 Å². The monoisotopic (exact) mass is 364 g/mol. The standard InChI is InChI=1S/C15H24N6O3Si/c1-4-25(2,3)18-6-9-5-11(24-10(9)7-22)21-8-17-12-13(21)19-15(16)20-14(12)23/h6,8-11,22H,4-5,7H2,1-3H3,(H3,16,19,20,23). The highest BCUT2D eigenvalue weighted by molar-refractivity contribution is 6.76. The van der Waals surface area contributed by atoms with Gasteiger partial charge in [-0.3, -0.25) is 14.3 Å². The second kappa shape index (κ2) is 6.69. The zero-order chi connectivity index (χ0) is 18.2. The van der Waals surface area contributed by atoms with Crippen LogP contribution >= 0.6 is 0 Å². The lowest BCUT2D eigenvalue weighted by Gasteiger charge is -2.16. The Bertz CT molecular complexity index is 845. The van der Waals surface area contributed by atoms with Crippen LogP contribution in [0.4, 0.5) is 5.95 Å². The summed E-state index contributed by atoms with van der Waals surface area (Å²) in [5.41, 5.74) is 5.85. The van der Waals surface area contributed by atoms with Crippen molar-refractivity contribution in [3.63, 3.8) is 0 Å². The Morgan fingerprint density at radius 1 is 1.60 bits per heavy atom. The number of nitrogen functional groups attached to an aromatic ring is 1. The average Bonchev–Trinajstić information content (AvgIpc) is 3.16. The first-order valence-electron chi connectivity index (χ1n) is 8.38. The molecule has 9 nitrogen and oxygen atoms in total. The number of hydrogen-bond donors (Lipinski definition) is 3. The first-order valence-corrected chi connectivity index (χ1v) is 11.5. The van der Waals surface area contributed by atoms with E-state index in [9.17, 15) is 9.90 Å². The number of nitrogens with one attached hydrogen (secondary N) is 1. The number of aromatic amines is 1. The summed E-state index contributed by atoms with van der Waals surface area (Å²) >= 11 is 0. The van der Waals surface area contributed by atoms with Crippen LogP contribution in [-0.2, 0) is 4.74 Å². The third-order valence-corrected chi connectivity index (χ3v) is 7.28. The van der Waals surface area contributed by atoms with Gasteiger partial charge in [-0.05, 0) is 25.4 Å². The van der Waals surface area contributed by atoms with Crippen LogP contribution in [0.5, 0.6) is 0 Å². The smallest absolute Gasteiger partial charge is 0.280 e. The molecule has 0 aromatic carbocycles. The summed E-state index contributed by atoms with van der Waals surface area (Å²) in [6.45, 7) is 6.45. The molecule has 2 aromatic rings. The molecular weight excluding hydrogens is 340 g/mol. The van der Waals surface area contributed by atoms with E-state index in [0.717, 1.165) is 6.04 Å². The molecule has 2 aromatic heterocycles. The number of ether oxygens (including phenoxy) is 1. The number of aliphatic hydroxyl groups is 1. The molecule has 1 aliphatic rings. The Morgan fingerprint density at radius 3 is 3.04 bits per heavy atom. The highest BCUT2D eigenvalue weighted by atomic mass is 28.3. The molecule has 3 heterocycles. The van der Waals surface area contributed by atoms with Crippen LogP contribution < -0.4 is 11.3 Å². The van der Waals surface area contributed by atoms with E-state index in [-0.39, 0.29) is 41.9 Å². The SMILES string of the molecule is CC[Si](C)(C)N=CC1CC(n2cnc3c(=O)[nH]c(N)nc32)OC1CO. The van der Waals surface area contributed by atoms with Crippen molar-refractivity contribution in [2.24, 2.45) is 10.6 Å². The van der Waals surface area contributed by atoms with Crippen LogP contribution in [0.25, 0.3) is 11.2 Å². The van der Waals surface area contributed by atoms with Crippen LogP contribution in [0.1, 0.15) is 19.6 Å². The number of anilines is 1. The van der Waals surface area contributed by atoms with Gasteiger partial charge in [0.25, 0.3) is 5.56 Å². The molecule has 0 saturated carbocycles. The van der Waals surface area contributed by atoms with Gasteiger partial charge in [-0.25, -0.2) is 4.98 Å². The Balaban J connectivity index is 1.89. The lowest BCUT2D eigenvalue weighted by atomic mass is 10.0. The average molecular weight is 364 g/mol. The number of fused-ring (bicyclic) bond motifs is 1. The first kappa shape index (κ1) is 17.8. The van der Waals surface area contributed by atoms with E-state index < -0.39 is 8.24 Å².